The molecule has 2 rings (SSSR count). The summed E-state index contributed by atoms with van der Waals surface area (Å²) in [6.45, 7) is 8.16. The molecule has 16 heavy (non-hydrogen) atoms. The fourth-order valence-corrected chi connectivity index (χ4v) is 3.98. The summed E-state index contributed by atoms with van der Waals surface area (Å²) in [5.74, 6) is 2.59. The van der Waals surface area contributed by atoms with Gasteiger partial charge >= 0.3 is 0 Å². The molecule has 0 aromatic rings. The maximum Gasteiger partial charge on any atom is 0.0332 e. The van der Waals surface area contributed by atoms with E-state index in [0.717, 1.165) is 6.54 Å². The fraction of sp³-hybridized carbons (Fsp3) is 1.00. The highest BCUT2D eigenvalue weighted by Gasteiger charge is 2.41. The van der Waals surface area contributed by atoms with Crippen molar-refractivity contribution in [2.24, 2.45) is 11.1 Å². The van der Waals surface area contributed by atoms with E-state index in [9.17, 15) is 0 Å². The third-order valence-electron chi connectivity index (χ3n) is 4.60. The normalized spacial score (nSPS) is 30.2. The number of nitrogens with two attached hydrogens (primary N) is 1. The summed E-state index contributed by atoms with van der Waals surface area (Å²) in [6.07, 6.45) is 5.30. The molecule has 2 aliphatic rings. The summed E-state index contributed by atoms with van der Waals surface area (Å²) in [6, 6.07) is 0. The van der Waals surface area contributed by atoms with Crippen molar-refractivity contribution >= 4 is 11.8 Å². The van der Waals surface area contributed by atoms with E-state index in [0.29, 0.717) is 11.0 Å². The molecule has 0 spiro atoms. The van der Waals surface area contributed by atoms with Gasteiger partial charge in [0.1, 0.15) is 0 Å². The highest BCUT2D eigenvalue weighted by molar-refractivity contribution is 7.99. The van der Waals surface area contributed by atoms with Crippen LogP contribution in [0.3, 0.4) is 0 Å². The molecule has 0 aromatic carbocycles. The van der Waals surface area contributed by atoms with E-state index in [1.54, 1.807) is 0 Å². The molecule has 3 heteroatoms. The van der Waals surface area contributed by atoms with E-state index < -0.39 is 0 Å². The Morgan fingerprint density at radius 1 is 1.06 bits per heavy atom. The highest BCUT2D eigenvalue weighted by Crippen LogP contribution is 2.43. The molecule has 0 atom stereocenters. The molecular formula is C13H26N2S. The van der Waals surface area contributed by atoms with Crippen LogP contribution in [-0.4, -0.2) is 41.6 Å². The Morgan fingerprint density at radius 3 is 2.12 bits per heavy atom. The molecule has 94 valence electrons. The van der Waals surface area contributed by atoms with Gasteiger partial charge in [-0.25, -0.2) is 0 Å². The lowest BCUT2D eigenvalue weighted by Crippen LogP contribution is -2.58. The van der Waals surface area contributed by atoms with Gasteiger partial charge in [-0.1, -0.05) is 13.8 Å². The SMILES string of the molecule is CC1(C)CCC(CN)(N2CCSCC2)CC1. The second kappa shape index (κ2) is 4.87. The van der Waals surface area contributed by atoms with E-state index in [-0.39, 0.29) is 0 Å². The van der Waals surface area contributed by atoms with Crippen LogP contribution >= 0.6 is 11.8 Å². The first kappa shape index (κ1) is 12.7. The van der Waals surface area contributed by atoms with Crippen LogP contribution < -0.4 is 5.73 Å². The largest absolute Gasteiger partial charge is 0.329 e. The van der Waals surface area contributed by atoms with E-state index in [4.69, 9.17) is 5.73 Å². The molecule has 0 bridgehead atoms. The third-order valence-corrected chi connectivity index (χ3v) is 5.54. The predicted molar refractivity (Wildman–Crippen MR) is 72.9 cm³/mol. The van der Waals surface area contributed by atoms with Gasteiger partial charge in [-0.3, -0.25) is 4.90 Å². The number of hydrogen-bond donors (Lipinski definition) is 1. The summed E-state index contributed by atoms with van der Waals surface area (Å²) in [4.78, 5) is 2.69. The Kier molecular flexibility index (Phi) is 3.87. The topological polar surface area (TPSA) is 29.3 Å². The van der Waals surface area contributed by atoms with E-state index in [1.165, 1.54) is 50.3 Å². The van der Waals surface area contributed by atoms with E-state index in [1.807, 2.05) is 0 Å². The first-order chi connectivity index (χ1) is 7.58. The Morgan fingerprint density at radius 2 is 1.62 bits per heavy atom. The summed E-state index contributed by atoms with van der Waals surface area (Å²) in [7, 11) is 0. The average molecular weight is 242 g/mol. The van der Waals surface area contributed by atoms with Gasteiger partial charge in [-0.15, -0.1) is 0 Å². The molecule has 1 saturated heterocycles. The predicted octanol–water partition coefficient (Wildman–Crippen LogP) is 2.33. The standard InChI is InChI=1S/C13H26N2S/c1-12(2)3-5-13(11-14,6-4-12)15-7-9-16-10-8-15/h3-11,14H2,1-2H3. The number of hydrogen-bond acceptors (Lipinski definition) is 3. The smallest absolute Gasteiger partial charge is 0.0332 e. The van der Waals surface area contributed by atoms with Crippen LogP contribution in [0.5, 0.6) is 0 Å². The zero-order chi connectivity index (χ0) is 11.6. The van der Waals surface area contributed by atoms with Crippen LogP contribution in [0.4, 0.5) is 0 Å². The first-order valence-corrected chi connectivity index (χ1v) is 7.76. The van der Waals surface area contributed by atoms with Crippen molar-refractivity contribution in [1.29, 1.82) is 0 Å². The number of nitrogens with zero attached hydrogens (tertiary/aromatic N) is 1. The van der Waals surface area contributed by atoms with Crippen molar-refractivity contribution in [3.05, 3.63) is 0 Å². The lowest BCUT2D eigenvalue weighted by atomic mass is 9.68. The molecule has 2 fully saturated rings. The maximum absolute atomic E-state index is 6.11. The zero-order valence-corrected chi connectivity index (χ0v) is 11.6. The number of rotatable bonds is 2. The highest BCUT2D eigenvalue weighted by atomic mass is 32.2. The summed E-state index contributed by atoms with van der Waals surface area (Å²) in [5, 5.41) is 0. The number of thioether (sulfide) groups is 1. The fourth-order valence-electron chi connectivity index (χ4n) is 3.08. The van der Waals surface area contributed by atoms with Crippen LogP contribution in [-0.2, 0) is 0 Å². The molecule has 1 aliphatic heterocycles. The molecule has 0 unspecified atom stereocenters. The molecular weight excluding hydrogens is 216 g/mol. The maximum atomic E-state index is 6.11. The van der Waals surface area contributed by atoms with Crippen molar-refractivity contribution in [3.8, 4) is 0 Å². The average Bonchev–Trinajstić information content (AvgIpc) is 2.31. The monoisotopic (exact) mass is 242 g/mol. The first-order valence-electron chi connectivity index (χ1n) is 6.61. The van der Waals surface area contributed by atoms with Gasteiger partial charge in [0.2, 0.25) is 0 Å². The van der Waals surface area contributed by atoms with Gasteiger partial charge < -0.3 is 5.73 Å². The second-order valence-corrected chi connectivity index (χ2v) is 7.42. The molecule has 0 radical (unpaired) electrons. The lowest BCUT2D eigenvalue weighted by Gasteiger charge is -2.50. The Labute approximate surface area is 104 Å². The van der Waals surface area contributed by atoms with Crippen molar-refractivity contribution in [2.45, 2.75) is 45.1 Å². The molecule has 1 heterocycles. The minimum atomic E-state index is 0.344. The second-order valence-electron chi connectivity index (χ2n) is 6.19. The Bertz CT molecular complexity index is 224. The molecule has 2 N–H and O–H groups in total. The summed E-state index contributed by atoms with van der Waals surface area (Å²) >= 11 is 2.09. The van der Waals surface area contributed by atoms with Gasteiger partial charge in [0.05, 0.1) is 0 Å². The van der Waals surface area contributed by atoms with Crippen LogP contribution in [0.1, 0.15) is 39.5 Å². The van der Waals surface area contributed by atoms with E-state index in [2.05, 4.69) is 30.5 Å². The van der Waals surface area contributed by atoms with Crippen molar-refractivity contribution in [3.63, 3.8) is 0 Å². The van der Waals surface area contributed by atoms with Crippen molar-refractivity contribution in [2.75, 3.05) is 31.1 Å². The molecule has 1 aliphatic carbocycles. The quantitative estimate of drug-likeness (QED) is 0.806. The molecule has 0 aromatic heterocycles. The van der Waals surface area contributed by atoms with Crippen LogP contribution in [0.15, 0.2) is 0 Å². The Hall–Kier alpha value is 0.270. The van der Waals surface area contributed by atoms with Gasteiger partial charge in [0.15, 0.2) is 0 Å². The zero-order valence-electron chi connectivity index (χ0n) is 10.8. The minimum Gasteiger partial charge on any atom is -0.329 e. The van der Waals surface area contributed by atoms with Gasteiger partial charge in [-0.05, 0) is 31.1 Å². The van der Waals surface area contributed by atoms with E-state index >= 15 is 0 Å². The van der Waals surface area contributed by atoms with Gasteiger partial charge in [0.25, 0.3) is 0 Å². The molecule has 0 amide bonds. The lowest BCUT2D eigenvalue weighted by molar-refractivity contribution is 0.0300. The Balaban J connectivity index is 2.02. The van der Waals surface area contributed by atoms with Crippen LogP contribution in [0.25, 0.3) is 0 Å². The summed E-state index contributed by atoms with van der Waals surface area (Å²) in [5.41, 5.74) is 7.00. The van der Waals surface area contributed by atoms with Crippen molar-refractivity contribution < 1.29 is 0 Å². The minimum absolute atomic E-state index is 0.344. The molecule has 2 nitrogen and oxygen atoms in total. The van der Waals surface area contributed by atoms with Crippen LogP contribution in [0.2, 0.25) is 0 Å². The van der Waals surface area contributed by atoms with Gasteiger partial charge in [-0.2, -0.15) is 11.8 Å². The third kappa shape index (κ3) is 2.57. The summed E-state index contributed by atoms with van der Waals surface area (Å²) < 4.78 is 0. The van der Waals surface area contributed by atoms with Crippen molar-refractivity contribution in [1.82, 2.24) is 4.90 Å². The van der Waals surface area contributed by atoms with Gasteiger partial charge in [0, 0.05) is 36.7 Å². The van der Waals surface area contributed by atoms with Crippen LogP contribution in [0, 0.1) is 5.41 Å². The molecule has 1 saturated carbocycles.